The molecule has 1 aromatic heterocycles. The predicted molar refractivity (Wildman–Crippen MR) is 129 cm³/mol. The SMILES string of the molecule is CNc1cc(C(=O)N2CCC(C)Nc3ccccc32)ccc1-c1ccc2[nH]ccc2c1. The Kier molecular flexibility index (Phi) is 4.86. The van der Waals surface area contributed by atoms with Crippen LogP contribution in [0, 0.1) is 0 Å². The van der Waals surface area contributed by atoms with Gasteiger partial charge in [-0.25, -0.2) is 0 Å². The topological polar surface area (TPSA) is 60.2 Å². The number of carbonyl (C=O) groups is 1. The Hall–Kier alpha value is -3.73. The van der Waals surface area contributed by atoms with E-state index in [4.69, 9.17) is 0 Å². The maximum Gasteiger partial charge on any atom is 0.258 e. The lowest BCUT2D eigenvalue weighted by atomic mass is 9.99. The van der Waals surface area contributed by atoms with Crippen molar-refractivity contribution in [3.8, 4) is 11.1 Å². The minimum atomic E-state index is 0.0208. The van der Waals surface area contributed by atoms with Crippen LogP contribution in [-0.2, 0) is 0 Å². The average Bonchev–Trinajstić information content (AvgIpc) is 3.20. The van der Waals surface area contributed by atoms with E-state index >= 15 is 0 Å². The number of H-pyrrole nitrogens is 1. The Morgan fingerprint density at radius 2 is 1.94 bits per heavy atom. The summed E-state index contributed by atoms with van der Waals surface area (Å²) in [5, 5.41) is 7.97. The molecule has 1 amide bonds. The summed E-state index contributed by atoms with van der Waals surface area (Å²) in [5.74, 6) is 0.0208. The molecule has 0 saturated carbocycles. The minimum absolute atomic E-state index is 0.0208. The zero-order valence-corrected chi connectivity index (χ0v) is 17.8. The van der Waals surface area contributed by atoms with Crippen molar-refractivity contribution in [3.63, 3.8) is 0 Å². The third kappa shape index (κ3) is 3.52. The first-order valence-corrected chi connectivity index (χ1v) is 10.7. The Balaban J connectivity index is 1.51. The molecule has 5 heteroatoms. The number of rotatable bonds is 3. The highest BCUT2D eigenvalue weighted by molar-refractivity contribution is 6.09. The van der Waals surface area contributed by atoms with Gasteiger partial charge < -0.3 is 20.5 Å². The van der Waals surface area contributed by atoms with Crippen LogP contribution >= 0.6 is 0 Å². The molecule has 1 aliphatic rings. The summed E-state index contributed by atoms with van der Waals surface area (Å²) in [7, 11) is 1.90. The lowest BCUT2D eigenvalue weighted by Crippen LogP contribution is -2.32. The van der Waals surface area contributed by atoms with Gasteiger partial charge in [0.05, 0.1) is 11.4 Å². The predicted octanol–water partition coefficient (Wildman–Crippen LogP) is 5.73. The van der Waals surface area contributed by atoms with Crippen LogP contribution in [0.25, 0.3) is 22.0 Å². The molecule has 5 rings (SSSR count). The fraction of sp³-hybridized carbons (Fsp3) is 0.192. The standard InChI is InChI=1S/C26H26N4O/c1-17-12-14-30(25-6-4-3-5-23(25)29-17)26(31)20-7-9-21(24(16-20)27-2)18-8-10-22-19(15-18)11-13-28-22/h3-11,13,15-17,27-29H,12,14H2,1-2H3. The van der Waals surface area contributed by atoms with Crippen molar-refractivity contribution >= 4 is 33.9 Å². The van der Waals surface area contributed by atoms with Gasteiger partial charge in [-0.05, 0) is 66.8 Å². The van der Waals surface area contributed by atoms with Crippen molar-refractivity contribution < 1.29 is 4.79 Å². The number of nitrogens with one attached hydrogen (secondary N) is 3. The Morgan fingerprint density at radius 3 is 2.81 bits per heavy atom. The molecule has 156 valence electrons. The molecule has 1 aliphatic heterocycles. The molecule has 0 aliphatic carbocycles. The van der Waals surface area contributed by atoms with Gasteiger partial charge in [0.25, 0.3) is 5.91 Å². The molecule has 3 aromatic carbocycles. The highest BCUT2D eigenvalue weighted by Crippen LogP contribution is 2.34. The van der Waals surface area contributed by atoms with Crippen LogP contribution in [0.1, 0.15) is 23.7 Å². The number of benzene rings is 3. The van der Waals surface area contributed by atoms with E-state index in [1.54, 1.807) is 0 Å². The lowest BCUT2D eigenvalue weighted by Gasteiger charge is -2.23. The fourth-order valence-corrected chi connectivity index (χ4v) is 4.34. The third-order valence-corrected chi connectivity index (χ3v) is 6.03. The van der Waals surface area contributed by atoms with E-state index in [2.05, 4.69) is 46.8 Å². The zero-order chi connectivity index (χ0) is 21.4. The second kappa shape index (κ2) is 7.84. The quantitative estimate of drug-likeness (QED) is 0.404. The van der Waals surface area contributed by atoms with Crippen LogP contribution in [0.2, 0.25) is 0 Å². The molecule has 2 heterocycles. The summed E-state index contributed by atoms with van der Waals surface area (Å²) in [6, 6.07) is 22.7. The maximum atomic E-state index is 13.5. The Morgan fingerprint density at radius 1 is 1.06 bits per heavy atom. The molecule has 0 radical (unpaired) electrons. The number of hydrogen-bond donors (Lipinski definition) is 3. The minimum Gasteiger partial charge on any atom is -0.388 e. The van der Waals surface area contributed by atoms with E-state index in [1.807, 2.05) is 60.6 Å². The van der Waals surface area contributed by atoms with Crippen molar-refractivity contribution in [2.45, 2.75) is 19.4 Å². The van der Waals surface area contributed by atoms with Gasteiger partial charge in [0.15, 0.2) is 0 Å². The molecule has 4 aromatic rings. The second-order valence-electron chi connectivity index (χ2n) is 8.10. The summed E-state index contributed by atoms with van der Waals surface area (Å²) in [4.78, 5) is 18.7. The first kappa shape index (κ1) is 19.2. The first-order valence-electron chi connectivity index (χ1n) is 10.7. The van der Waals surface area contributed by atoms with E-state index in [0.29, 0.717) is 18.2 Å². The molecule has 0 fully saturated rings. The highest BCUT2D eigenvalue weighted by atomic mass is 16.2. The van der Waals surface area contributed by atoms with Gasteiger partial charge in [-0.1, -0.05) is 24.3 Å². The number of amides is 1. The second-order valence-corrected chi connectivity index (χ2v) is 8.10. The number of carbonyl (C=O) groups excluding carboxylic acids is 1. The monoisotopic (exact) mass is 410 g/mol. The van der Waals surface area contributed by atoms with Crippen LogP contribution in [0.3, 0.4) is 0 Å². The molecule has 0 spiro atoms. The molecule has 0 saturated heterocycles. The number of anilines is 3. The largest absolute Gasteiger partial charge is 0.388 e. The highest BCUT2D eigenvalue weighted by Gasteiger charge is 2.24. The number of aromatic amines is 1. The number of nitrogens with zero attached hydrogens (tertiary/aromatic N) is 1. The van der Waals surface area contributed by atoms with E-state index in [-0.39, 0.29) is 5.91 Å². The molecule has 31 heavy (non-hydrogen) atoms. The van der Waals surface area contributed by atoms with Crippen molar-refractivity contribution in [1.82, 2.24) is 4.98 Å². The average molecular weight is 411 g/mol. The fourth-order valence-electron chi connectivity index (χ4n) is 4.34. The van der Waals surface area contributed by atoms with Gasteiger partial charge in [-0.15, -0.1) is 0 Å². The Bertz CT molecular complexity index is 1260. The van der Waals surface area contributed by atoms with Gasteiger partial charge >= 0.3 is 0 Å². The van der Waals surface area contributed by atoms with Gasteiger partial charge in [-0.2, -0.15) is 0 Å². The Labute approximate surface area is 182 Å². The molecular formula is C26H26N4O. The molecule has 1 unspecified atom stereocenters. The molecule has 1 atom stereocenters. The van der Waals surface area contributed by atoms with Crippen molar-refractivity contribution in [2.24, 2.45) is 0 Å². The van der Waals surface area contributed by atoms with Crippen LogP contribution in [-0.4, -0.2) is 30.5 Å². The van der Waals surface area contributed by atoms with Crippen molar-refractivity contribution in [2.75, 3.05) is 29.1 Å². The van der Waals surface area contributed by atoms with Gasteiger partial charge in [0.1, 0.15) is 0 Å². The van der Waals surface area contributed by atoms with Gasteiger partial charge in [-0.3, -0.25) is 4.79 Å². The van der Waals surface area contributed by atoms with Crippen molar-refractivity contribution in [1.29, 1.82) is 0 Å². The van der Waals surface area contributed by atoms with E-state index < -0.39 is 0 Å². The molecular weight excluding hydrogens is 384 g/mol. The normalized spacial score (nSPS) is 15.8. The summed E-state index contributed by atoms with van der Waals surface area (Å²) >= 11 is 0. The molecule has 0 bridgehead atoms. The van der Waals surface area contributed by atoms with Crippen molar-refractivity contribution in [3.05, 3.63) is 78.5 Å². The van der Waals surface area contributed by atoms with Gasteiger partial charge in [0.2, 0.25) is 0 Å². The van der Waals surface area contributed by atoms with Gasteiger partial charge in [0, 0.05) is 48.2 Å². The molecule has 5 nitrogen and oxygen atoms in total. The summed E-state index contributed by atoms with van der Waals surface area (Å²) in [6.45, 7) is 2.84. The number of para-hydroxylation sites is 2. The zero-order valence-electron chi connectivity index (χ0n) is 17.8. The summed E-state index contributed by atoms with van der Waals surface area (Å²) in [5.41, 5.74) is 6.87. The van der Waals surface area contributed by atoms with Crippen LogP contribution in [0.5, 0.6) is 0 Å². The smallest absolute Gasteiger partial charge is 0.258 e. The van der Waals surface area contributed by atoms with E-state index in [0.717, 1.165) is 40.1 Å². The number of fused-ring (bicyclic) bond motifs is 2. The third-order valence-electron chi connectivity index (χ3n) is 6.03. The summed E-state index contributed by atoms with van der Waals surface area (Å²) < 4.78 is 0. The van der Waals surface area contributed by atoms with Crippen LogP contribution in [0.15, 0.2) is 72.9 Å². The number of hydrogen-bond acceptors (Lipinski definition) is 3. The number of aromatic nitrogens is 1. The first-order chi connectivity index (χ1) is 15.1. The van der Waals surface area contributed by atoms with E-state index in [9.17, 15) is 4.79 Å². The van der Waals surface area contributed by atoms with E-state index in [1.165, 1.54) is 5.39 Å². The molecule has 3 N–H and O–H groups in total. The lowest BCUT2D eigenvalue weighted by molar-refractivity contribution is 0.0987. The maximum absolute atomic E-state index is 13.5. The van der Waals surface area contributed by atoms with Crippen LogP contribution < -0.4 is 15.5 Å². The summed E-state index contributed by atoms with van der Waals surface area (Å²) in [6.07, 6.45) is 2.85. The van der Waals surface area contributed by atoms with Crippen LogP contribution in [0.4, 0.5) is 17.1 Å².